The van der Waals surface area contributed by atoms with Gasteiger partial charge in [0.1, 0.15) is 0 Å². The summed E-state index contributed by atoms with van der Waals surface area (Å²) in [7, 11) is 0. The van der Waals surface area contributed by atoms with Crippen LogP contribution < -0.4 is 10.6 Å². The molecule has 0 aromatic rings. The van der Waals surface area contributed by atoms with Crippen LogP contribution in [0, 0.1) is 5.92 Å². The first-order chi connectivity index (χ1) is 10.8. The van der Waals surface area contributed by atoms with E-state index in [1.165, 1.54) is 24.3 Å². The fourth-order valence-corrected chi connectivity index (χ4v) is 3.97. The number of aliphatic imine (C=N–C) groups is 1. The standard InChI is InChI=1S/C16H32N4OS.HI/c1-3-17-16(19-15-5-4-10-22-13-15)18-11-14(2)12-20-6-8-21-9-7-20;/h14-15H,3-13H2,1-2H3,(H2,17,18,19);1H. The lowest BCUT2D eigenvalue weighted by molar-refractivity contribution is 0.0323. The third kappa shape index (κ3) is 8.79. The first-order valence-electron chi connectivity index (χ1n) is 8.70. The van der Waals surface area contributed by atoms with Gasteiger partial charge in [0.05, 0.1) is 13.2 Å². The zero-order valence-electron chi connectivity index (χ0n) is 14.6. The number of morpholine rings is 1. The lowest BCUT2D eigenvalue weighted by Crippen LogP contribution is -2.46. The molecular formula is C16H33IN4OS. The number of guanidine groups is 1. The van der Waals surface area contributed by atoms with Gasteiger partial charge in [-0.15, -0.1) is 24.0 Å². The molecule has 2 fully saturated rings. The van der Waals surface area contributed by atoms with Crippen molar-refractivity contribution in [1.82, 2.24) is 15.5 Å². The summed E-state index contributed by atoms with van der Waals surface area (Å²) in [6.45, 7) is 11.2. The third-order valence-corrected chi connectivity index (χ3v) is 5.30. The van der Waals surface area contributed by atoms with Crippen LogP contribution in [0.1, 0.15) is 26.7 Å². The van der Waals surface area contributed by atoms with Crippen LogP contribution in [0.15, 0.2) is 4.99 Å². The second-order valence-electron chi connectivity index (χ2n) is 6.30. The van der Waals surface area contributed by atoms with E-state index in [4.69, 9.17) is 9.73 Å². The number of halogens is 1. The first-order valence-corrected chi connectivity index (χ1v) is 9.86. The van der Waals surface area contributed by atoms with E-state index in [-0.39, 0.29) is 24.0 Å². The molecule has 0 saturated carbocycles. The van der Waals surface area contributed by atoms with Crippen LogP contribution in [0.2, 0.25) is 0 Å². The van der Waals surface area contributed by atoms with Gasteiger partial charge in [-0.1, -0.05) is 6.92 Å². The van der Waals surface area contributed by atoms with Gasteiger partial charge in [-0.3, -0.25) is 9.89 Å². The SMILES string of the molecule is CCNC(=NCC(C)CN1CCOCC1)NC1CCCSC1.I. The van der Waals surface area contributed by atoms with E-state index in [1.54, 1.807) is 0 Å². The highest BCUT2D eigenvalue weighted by atomic mass is 127. The molecule has 5 nitrogen and oxygen atoms in total. The molecule has 0 aromatic carbocycles. The van der Waals surface area contributed by atoms with Crippen molar-refractivity contribution in [3.05, 3.63) is 0 Å². The Labute approximate surface area is 162 Å². The Kier molecular flexibility index (Phi) is 11.7. The van der Waals surface area contributed by atoms with E-state index < -0.39 is 0 Å². The van der Waals surface area contributed by atoms with Gasteiger partial charge in [-0.25, -0.2) is 0 Å². The molecule has 23 heavy (non-hydrogen) atoms. The highest BCUT2D eigenvalue weighted by Crippen LogP contribution is 2.16. The zero-order chi connectivity index (χ0) is 15.6. The van der Waals surface area contributed by atoms with Crippen molar-refractivity contribution in [2.75, 3.05) is 57.4 Å². The maximum absolute atomic E-state index is 5.40. The Bertz CT molecular complexity index is 334. The molecule has 2 aliphatic heterocycles. The van der Waals surface area contributed by atoms with Crippen molar-refractivity contribution in [3.8, 4) is 0 Å². The minimum atomic E-state index is 0. The Morgan fingerprint density at radius 1 is 1.39 bits per heavy atom. The van der Waals surface area contributed by atoms with Gasteiger partial charge in [-0.05, 0) is 31.4 Å². The molecule has 2 atom stereocenters. The number of hydrogen-bond acceptors (Lipinski definition) is 4. The number of ether oxygens (including phenoxy) is 1. The van der Waals surface area contributed by atoms with Gasteiger partial charge in [0, 0.05) is 44.5 Å². The summed E-state index contributed by atoms with van der Waals surface area (Å²) in [5, 5.41) is 6.99. The van der Waals surface area contributed by atoms with E-state index in [1.807, 2.05) is 11.8 Å². The van der Waals surface area contributed by atoms with Gasteiger partial charge in [0.15, 0.2) is 5.96 Å². The second-order valence-corrected chi connectivity index (χ2v) is 7.45. The van der Waals surface area contributed by atoms with E-state index in [9.17, 15) is 0 Å². The van der Waals surface area contributed by atoms with Gasteiger partial charge < -0.3 is 15.4 Å². The summed E-state index contributed by atoms with van der Waals surface area (Å²) in [5.74, 6) is 4.08. The van der Waals surface area contributed by atoms with Crippen molar-refractivity contribution in [3.63, 3.8) is 0 Å². The number of thioether (sulfide) groups is 1. The summed E-state index contributed by atoms with van der Waals surface area (Å²) in [5.41, 5.74) is 0. The summed E-state index contributed by atoms with van der Waals surface area (Å²) in [6.07, 6.45) is 2.58. The minimum Gasteiger partial charge on any atom is -0.379 e. The predicted molar refractivity (Wildman–Crippen MR) is 111 cm³/mol. The van der Waals surface area contributed by atoms with Crippen molar-refractivity contribution < 1.29 is 4.74 Å². The molecular weight excluding hydrogens is 423 g/mol. The molecule has 2 aliphatic rings. The van der Waals surface area contributed by atoms with Crippen LogP contribution in [0.25, 0.3) is 0 Å². The molecule has 0 spiro atoms. The fourth-order valence-electron chi connectivity index (χ4n) is 2.90. The van der Waals surface area contributed by atoms with Crippen LogP contribution >= 0.6 is 35.7 Å². The van der Waals surface area contributed by atoms with Crippen LogP contribution in [0.4, 0.5) is 0 Å². The number of hydrogen-bond donors (Lipinski definition) is 2. The second kappa shape index (κ2) is 12.6. The minimum absolute atomic E-state index is 0. The fraction of sp³-hybridized carbons (Fsp3) is 0.938. The number of nitrogens with one attached hydrogen (secondary N) is 2. The molecule has 0 amide bonds. The molecule has 0 aliphatic carbocycles. The summed E-state index contributed by atoms with van der Waals surface area (Å²) < 4.78 is 5.40. The molecule has 2 unspecified atom stereocenters. The Balaban J connectivity index is 0.00000264. The van der Waals surface area contributed by atoms with Gasteiger partial charge >= 0.3 is 0 Å². The first kappa shape index (κ1) is 21.3. The lowest BCUT2D eigenvalue weighted by atomic mass is 10.1. The van der Waals surface area contributed by atoms with Crippen LogP contribution in [0.5, 0.6) is 0 Å². The molecule has 2 saturated heterocycles. The molecule has 0 bridgehead atoms. The van der Waals surface area contributed by atoms with Gasteiger partial charge in [0.2, 0.25) is 0 Å². The Hall–Kier alpha value is 0.270. The zero-order valence-corrected chi connectivity index (χ0v) is 17.7. The van der Waals surface area contributed by atoms with Gasteiger partial charge in [0.25, 0.3) is 0 Å². The van der Waals surface area contributed by atoms with Crippen molar-refractivity contribution in [2.45, 2.75) is 32.7 Å². The Morgan fingerprint density at radius 3 is 2.83 bits per heavy atom. The highest BCUT2D eigenvalue weighted by molar-refractivity contribution is 14.0. The van der Waals surface area contributed by atoms with E-state index in [2.05, 4.69) is 29.4 Å². The maximum atomic E-state index is 5.40. The van der Waals surface area contributed by atoms with Crippen LogP contribution in [0.3, 0.4) is 0 Å². The normalized spacial score (nSPS) is 24.6. The summed E-state index contributed by atoms with van der Waals surface area (Å²) >= 11 is 2.05. The predicted octanol–water partition coefficient (Wildman–Crippen LogP) is 2.02. The van der Waals surface area contributed by atoms with E-state index in [0.29, 0.717) is 12.0 Å². The molecule has 2 N–H and O–H groups in total. The van der Waals surface area contributed by atoms with Crippen molar-refractivity contribution in [1.29, 1.82) is 0 Å². The quantitative estimate of drug-likeness (QED) is 0.364. The summed E-state index contributed by atoms with van der Waals surface area (Å²) in [6, 6.07) is 0.575. The summed E-state index contributed by atoms with van der Waals surface area (Å²) in [4.78, 5) is 7.29. The molecule has 136 valence electrons. The molecule has 0 radical (unpaired) electrons. The molecule has 2 heterocycles. The molecule has 0 aromatic heterocycles. The average molecular weight is 456 g/mol. The topological polar surface area (TPSA) is 48.9 Å². The van der Waals surface area contributed by atoms with Crippen LogP contribution in [-0.4, -0.2) is 74.3 Å². The monoisotopic (exact) mass is 456 g/mol. The van der Waals surface area contributed by atoms with Crippen LogP contribution in [-0.2, 0) is 4.74 Å². The van der Waals surface area contributed by atoms with E-state index in [0.717, 1.165) is 51.9 Å². The largest absolute Gasteiger partial charge is 0.379 e. The van der Waals surface area contributed by atoms with Crippen molar-refractivity contribution >= 4 is 41.7 Å². The average Bonchev–Trinajstić information content (AvgIpc) is 2.55. The third-order valence-electron chi connectivity index (χ3n) is 4.08. The number of rotatable bonds is 6. The van der Waals surface area contributed by atoms with E-state index >= 15 is 0 Å². The van der Waals surface area contributed by atoms with Gasteiger partial charge in [-0.2, -0.15) is 11.8 Å². The lowest BCUT2D eigenvalue weighted by Gasteiger charge is -2.29. The Morgan fingerprint density at radius 2 is 2.17 bits per heavy atom. The molecule has 2 rings (SSSR count). The molecule has 7 heteroatoms. The number of nitrogens with zero attached hydrogens (tertiary/aromatic N) is 2. The highest BCUT2D eigenvalue weighted by Gasteiger charge is 2.16. The maximum Gasteiger partial charge on any atom is 0.191 e. The smallest absolute Gasteiger partial charge is 0.191 e. The van der Waals surface area contributed by atoms with Crippen molar-refractivity contribution in [2.24, 2.45) is 10.9 Å².